The molecule has 22 heavy (non-hydrogen) atoms. The molecule has 1 amide bonds. The van der Waals surface area contributed by atoms with E-state index in [1.807, 2.05) is 42.2 Å². The van der Waals surface area contributed by atoms with Gasteiger partial charge in [0.25, 0.3) is 0 Å². The number of fused-ring (bicyclic) bond motifs is 1. The largest absolute Gasteiger partial charge is 0.486 e. The number of hydrogen-bond acceptors (Lipinski definition) is 3. The minimum atomic E-state index is 0.0653. The van der Waals surface area contributed by atoms with Crippen LogP contribution >= 0.6 is 0 Å². The first-order chi connectivity index (χ1) is 10.8. The molecule has 1 aromatic rings. The fourth-order valence-corrected chi connectivity index (χ4v) is 2.99. The standard InChI is InChI=1S/C18H21NO3/c1-2-3-4-7-18(20)19-10-5-6-15(19)14-8-9-16-17(13-14)22-12-11-21-16/h2-4,7-9,13,15H,5-6,10-12H2,1H3/b3-2+,7-4+. The Morgan fingerprint density at radius 3 is 2.86 bits per heavy atom. The Labute approximate surface area is 131 Å². The van der Waals surface area contributed by atoms with Crippen LogP contribution < -0.4 is 9.47 Å². The minimum Gasteiger partial charge on any atom is -0.486 e. The number of hydrogen-bond donors (Lipinski definition) is 0. The number of rotatable bonds is 3. The van der Waals surface area contributed by atoms with Crippen LogP contribution in [0, 0.1) is 0 Å². The number of carbonyl (C=O) groups excluding carboxylic acids is 1. The summed E-state index contributed by atoms with van der Waals surface area (Å²) in [5.41, 5.74) is 1.12. The summed E-state index contributed by atoms with van der Waals surface area (Å²) in [7, 11) is 0. The van der Waals surface area contributed by atoms with Gasteiger partial charge < -0.3 is 14.4 Å². The Balaban J connectivity index is 1.79. The number of ether oxygens (including phenoxy) is 2. The summed E-state index contributed by atoms with van der Waals surface area (Å²) >= 11 is 0. The summed E-state index contributed by atoms with van der Waals surface area (Å²) in [5, 5.41) is 0. The Kier molecular flexibility index (Phi) is 4.47. The topological polar surface area (TPSA) is 38.8 Å². The van der Waals surface area contributed by atoms with Crippen LogP contribution in [0.15, 0.2) is 42.5 Å². The molecular weight excluding hydrogens is 278 g/mol. The van der Waals surface area contributed by atoms with Gasteiger partial charge in [-0.1, -0.05) is 24.3 Å². The highest BCUT2D eigenvalue weighted by atomic mass is 16.6. The number of amides is 1. The van der Waals surface area contributed by atoms with Crippen LogP contribution in [-0.4, -0.2) is 30.6 Å². The molecule has 116 valence electrons. The molecule has 1 aromatic carbocycles. The average molecular weight is 299 g/mol. The number of carbonyl (C=O) groups is 1. The zero-order valence-electron chi connectivity index (χ0n) is 12.8. The fourth-order valence-electron chi connectivity index (χ4n) is 2.99. The molecule has 1 saturated heterocycles. The summed E-state index contributed by atoms with van der Waals surface area (Å²) in [6, 6.07) is 6.12. The van der Waals surface area contributed by atoms with E-state index in [1.54, 1.807) is 12.2 Å². The number of benzene rings is 1. The summed E-state index contributed by atoms with van der Waals surface area (Å²) in [6.07, 6.45) is 9.22. The Bertz CT molecular complexity index is 606. The van der Waals surface area contributed by atoms with Crippen molar-refractivity contribution in [1.82, 2.24) is 4.90 Å². The van der Waals surface area contributed by atoms with Gasteiger partial charge in [0.2, 0.25) is 5.91 Å². The highest BCUT2D eigenvalue weighted by molar-refractivity contribution is 5.88. The molecule has 0 saturated carbocycles. The second kappa shape index (κ2) is 6.69. The molecule has 0 aliphatic carbocycles. The molecule has 2 aliphatic heterocycles. The molecule has 4 nitrogen and oxygen atoms in total. The van der Waals surface area contributed by atoms with Gasteiger partial charge in [0, 0.05) is 12.6 Å². The van der Waals surface area contributed by atoms with E-state index in [1.165, 1.54) is 0 Å². The average Bonchev–Trinajstić information content (AvgIpc) is 3.04. The number of nitrogens with zero attached hydrogens (tertiary/aromatic N) is 1. The molecule has 0 bridgehead atoms. The van der Waals surface area contributed by atoms with Gasteiger partial charge in [0.05, 0.1) is 6.04 Å². The van der Waals surface area contributed by atoms with Gasteiger partial charge in [-0.15, -0.1) is 0 Å². The van der Waals surface area contributed by atoms with Crippen LogP contribution in [0.3, 0.4) is 0 Å². The Morgan fingerprint density at radius 2 is 2.05 bits per heavy atom. The third-order valence-electron chi connectivity index (χ3n) is 4.03. The second-order valence-electron chi connectivity index (χ2n) is 5.48. The monoisotopic (exact) mass is 299 g/mol. The molecule has 2 heterocycles. The van der Waals surface area contributed by atoms with E-state index in [2.05, 4.69) is 0 Å². The number of likely N-dealkylation sites (tertiary alicyclic amines) is 1. The Hall–Kier alpha value is -2.23. The molecule has 1 unspecified atom stereocenters. The van der Waals surface area contributed by atoms with E-state index < -0.39 is 0 Å². The van der Waals surface area contributed by atoms with E-state index in [0.29, 0.717) is 13.2 Å². The normalized spacial score (nSPS) is 21.0. The lowest BCUT2D eigenvalue weighted by Crippen LogP contribution is -2.29. The lowest BCUT2D eigenvalue weighted by Gasteiger charge is -2.25. The molecule has 1 fully saturated rings. The van der Waals surface area contributed by atoms with E-state index >= 15 is 0 Å². The van der Waals surface area contributed by atoms with Gasteiger partial charge in [-0.2, -0.15) is 0 Å². The van der Waals surface area contributed by atoms with Crippen LogP contribution in [0.2, 0.25) is 0 Å². The predicted octanol–water partition coefficient (Wildman–Crippen LogP) is 3.25. The molecule has 1 atom stereocenters. The maximum absolute atomic E-state index is 12.3. The van der Waals surface area contributed by atoms with Crippen molar-refractivity contribution in [3.63, 3.8) is 0 Å². The quantitative estimate of drug-likeness (QED) is 0.635. The van der Waals surface area contributed by atoms with Crippen LogP contribution in [-0.2, 0) is 4.79 Å². The first kappa shape index (κ1) is 14.7. The van der Waals surface area contributed by atoms with Crippen molar-refractivity contribution < 1.29 is 14.3 Å². The van der Waals surface area contributed by atoms with Crippen LogP contribution in [0.25, 0.3) is 0 Å². The number of allylic oxidation sites excluding steroid dienone is 3. The predicted molar refractivity (Wildman–Crippen MR) is 85.1 cm³/mol. The maximum atomic E-state index is 12.3. The van der Waals surface area contributed by atoms with Crippen molar-refractivity contribution in [3.05, 3.63) is 48.1 Å². The zero-order chi connectivity index (χ0) is 15.4. The first-order valence-corrected chi connectivity index (χ1v) is 7.79. The fraction of sp³-hybridized carbons (Fsp3) is 0.389. The molecule has 0 radical (unpaired) electrons. The smallest absolute Gasteiger partial charge is 0.247 e. The molecule has 0 N–H and O–H groups in total. The molecular formula is C18H21NO3. The minimum absolute atomic E-state index is 0.0653. The second-order valence-corrected chi connectivity index (χ2v) is 5.48. The first-order valence-electron chi connectivity index (χ1n) is 7.79. The third kappa shape index (κ3) is 3.01. The third-order valence-corrected chi connectivity index (χ3v) is 4.03. The van der Waals surface area contributed by atoms with E-state index in [4.69, 9.17) is 9.47 Å². The van der Waals surface area contributed by atoms with Crippen LogP contribution in [0.1, 0.15) is 31.4 Å². The highest BCUT2D eigenvalue weighted by Crippen LogP contribution is 2.38. The SMILES string of the molecule is C/C=C/C=C/C(=O)N1CCCC1c1ccc2c(c1)OCCO2. The van der Waals surface area contributed by atoms with E-state index in [0.717, 1.165) is 36.4 Å². The molecule has 0 aromatic heterocycles. The van der Waals surface area contributed by atoms with E-state index in [9.17, 15) is 4.79 Å². The highest BCUT2D eigenvalue weighted by Gasteiger charge is 2.29. The van der Waals surface area contributed by atoms with Gasteiger partial charge in [0.1, 0.15) is 13.2 Å². The van der Waals surface area contributed by atoms with Crippen molar-refractivity contribution >= 4 is 5.91 Å². The van der Waals surface area contributed by atoms with Gasteiger partial charge in [-0.3, -0.25) is 4.79 Å². The van der Waals surface area contributed by atoms with Crippen LogP contribution in [0.4, 0.5) is 0 Å². The van der Waals surface area contributed by atoms with E-state index in [-0.39, 0.29) is 11.9 Å². The molecule has 4 heteroatoms. The Morgan fingerprint density at radius 1 is 1.23 bits per heavy atom. The van der Waals surface area contributed by atoms with Gasteiger partial charge >= 0.3 is 0 Å². The molecule has 3 rings (SSSR count). The summed E-state index contributed by atoms with van der Waals surface area (Å²) in [5.74, 6) is 1.64. The van der Waals surface area contributed by atoms with Gasteiger partial charge in [0.15, 0.2) is 11.5 Å². The summed E-state index contributed by atoms with van der Waals surface area (Å²) in [6.45, 7) is 3.91. The van der Waals surface area contributed by atoms with Crippen molar-refractivity contribution in [3.8, 4) is 11.5 Å². The lowest BCUT2D eigenvalue weighted by molar-refractivity contribution is -0.126. The van der Waals surface area contributed by atoms with Crippen molar-refractivity contribution in [1.29, 1.82) is 0 Å². The van der Waals surface area contributed by atoms with Gasteiger partial charge in [-0.05, 0) is 37.5 Å². The van der Waals surface area contributed by atoms with Crippen molar-refractivity contribution in [2.75, 3.05) is 19.8 Å². The zero-order valence-corrected chi connectivity index (χ0v) is 12.8. The lowest BCUT2D eigenvalue weighted by atomic mass is 10.0. The molecule has 0 spiro atoms. The van der Waals surface area contributed by atoms with Crippen LogP contribution in [0.5, 0.6) is 11.5 Å². The summed E-state index contributed by atoms with van der Waals surface area (Å²) < 4.78 is 11.2. The van der Waals surface area contributed by atoms with Crippen molar-refractivity contribution in [2.45, 2.75) is 25.8 Å². The van der Waals surface area contributed by atoms with Crippen molar-refractivity contribution in [2.24, 2.45) is 0 Å². The maximum Gasteiger partial charge on any atom is 0.247 e. The molecule has 2 aliphatic rings. The summed E-state index contributed by atoms with van der Waals surface area (Å²) in [4.78, 5) is 14.3. The van der Waals surface area contributed by atoms with Gasteiger partial charge in [-0.25, -0.2) is 0 Å².